The molecule has 1 aromatic carbocycles. The Labute approximate surface area is 159 Å². The van der Waals surface area contributed by atoms with Crippen molar-refractivity contribution in [3.63, 3.8) is 0 Å². The molecule has 3 rings (SSSR count). The van der Waals surface area contributed by atoms with Gasteiger partial charge < -0.3 is 19.4 Å². The zero-order chi connectivity index (χ0) is 19.4. The first kappa shape index (κ1) is 19.4. The number of hydrogen-bond donors (Lipinski definition) is 0. The molecule has 0 radical (unpaired) electrons. The van der Waals surface area contributed by atoms with E-state index in [9.17, 15) is 14.4 Å². The van der Waals surface area contributed by atoms with Gasteiger partial charge in [-0.2, -0.15) is 0 Å². The summed E-state index contributed by atoms with van der Waals surface area (Å²) >= 11 is 0. The first-order valence-electron chi connectivity index (χ1n) is 9.62. The lowest BCUT2D eigenvalue weighted by Crippen LogP contribution is -2.50. The average Bonchev–Trinajstić information content (AvgIpc) is 3.09. The van der Waals surface area contributed by atoms with Crippen LogP contribution in [0.3, 0.4) is 0 Å². The molecule has 2 amide bonds. The molecule has 0 bridgehead atoms. The van der Waals surface area contributed by atoms with Gasteiger partial charge in [-0.3, -0.25) is 9.59 Å². The number of anilines is 1. The third kappa shape index (κ3) is 4.13. The second-order valence-electron chi connectivity index (χ2n) is 6.90. The molecule has 146 valence electrons. The van der Waals surface area contributed by atoms with Crippen molar-refractivity contribution in [2.75, 3.05) is 50.8 Å². The zero-order valence-electron chi connectivity index (χ0n) is 16.0. The Morgan fingerprint density at radius 1 is 1.11 bits per heavy atom. The molecule has 0 aromatic heterocycles. The van der Waals surface area contributed by atoms with Crippen LogP contribution in [0.5, 0.6) is 0 Å². The number of para-hydroxylation sites is 1. The van der Waals surface area contributed by atoms with Crippen molar-refractivity contribution in [3.05, 3.63) is 29.8 Å². The summed E-state index contributed by atoms with van der Waals surface area (Å²) in [6.45, 7) is 8.58. The van der Waals surface area contributed by atoms with E-state index in [-0.39, 0.29) is 30.8 Å². The van der Waals surface area contributed by atoms with Crippen LogP contribution in [-0.2, 0) is 14.3 Å². The molecule has 2 fully saturated rings. The highest BCUT2D eigenvalue weighted by atomic mass is 16.5. The molecule has 1 unspecified atom stereocenters. The van der Waals surface area contributed by atoms with Crippen molar-refractivity contribution in [2.45, 2.75) is 20.3 Å². The molecule has 0 saturated carbocycles. The summed E-state index contributed by atoms with van der Waals surface area (Å²) in [4.78, 5) is 43.4. The number of rotatable bonds is 5. The topological polar surface area (TPSA) is 70.2 Å². The van der Waals surface area contributed by atoms with E-state index in [0.717, 1.165) is 19.6 Å². The van der Waals surface area contributed by atoms with E-state index in [1.165, 1.54) is 0 Å². The summed E-state index contributed by atoms with van der Waals surface area (Å²) in [7, 11) is 0. The number of amides is 2. The Morgan fingerprint density at radius 3 is 2.48 bits per heavy atom. The molecule has 2 aliphatic heterocycles. The summed E-state index contributed by atoms with van der Waals surface area (Å²) in [5.41, 5.74) is 0.879. The van der Waals surface area contributed by atoms with E-state index in [0.29, 0.717) is 30.9 Å². The second-order valence-corrected chi connectivity index (χ2v) is 6.90. The van der Waals surface area contributed by atoms with E-state index in [2.05, 4.69) is 11.8 Å². The van der Waals surface area contributed by atoms with Crippen molar-refractivity contribution in [1.29, 1.82) is 0 Å². The van der Waals surface area contributed by atoms with E-state index >= 15 is 0 Å². The normalized spacial score (nSPS) is 20.8. The highest BCUT2D eigenvalue weighted by Gasteiger charge is 2.39. The van der Waals surface area contributed by atoms with Gasteiger partial charge in [0, 0.05) is 39.1 Å². The Bertz CT molecular complexity index is 713. The number of hydrogen-bond acceptors (Lipinski definition) is 5. The van der Waals surface area contributed by atoms with Crippen LogP contribution < -0.4 is 4.90 Å². The summed E-state index contributed by atoms with van der Waals surface area (Å²) in [5.74, 6) is -0.903. The SMILES string of the molecule is CCOC(=O)c1ccccc1N1CC(C(=O)N2CCN(CC)CC2)CC1=O. The van der Waals surface area contributed by atoms with Gasteiger partial charge in [0.2, 0.25) is 11.8 Å². The van der Waals surface area contributed by atoms with Crippen LogP contribution in [0.4, 0.5) is 5.69 Å². The van der Waals surface area contributed by atoms with Crippen molar-refractivity contribution < 1.29 is 19.1 Å². The monoisotopic (exact) mass is 373 g/mol. The van der Waals surface area contributed by atoms with Gasteiger partial charge >= 0.3 is 5.97 Å². The number of likely N-dealkylation sites (N-methyl/N-ethyl adjacent to an activating group) is 1. The molecule has 0 aliphatic carbocycles. The molecular weight excluding hydrogens is 346 g/mol. The fourth-order valence-electron chi connectivity index (χ4n) is 3.74. The predicted octanol–water partition coefficient (Wildman–Crippen LogP) is 1.38. The first-order chi connectivity index (χ1) is 13.0. The summed E-state index contributed by atoms with van der Waals surface area (Å²) < 4.78 is 5.10. The molecule has 0 spiro atoms. The van der Waals surface area contributed by atoms with Crippen LogP contribution in [0.25, 0.3) is 0 Å². The van der Waals surface area contributed by atoms with Gasteiger partial charge in [-0.25, -0.2) is 4.79 Å². The van der Waals surface area contributed by atoms with Crippen LogP contribution in [-0.4, -0.2) is 73.5 Å². The molecule has 2 heterocycles. The zero-order valence-corrected chi connectivity index (χ0v) is 16.0. The number of benzene rings is 1. The number of carbonyl (C=O) groups is 3. The second kappa shape index (κ2) is 8.52. The van der Waals surface area contributed by atoms with Crippen molar-refractivity contribution in [2.24, 2.45) is 5.92 Å². The lowest BCUT2D eigenvalue weighted by Gasteiger charge is -2.35. The molecule has 1 atom stereocenters. The maximum absolute atomic E-state index is 12.9. The van der Waals surface area contributed by atoms with Gasteiger partial charge in [0.15, 0.2) is 0 Å². The van der Waals surface area contributed by atoms with Crippen LogP contribution in [0.15, 0.2) is 24.3 Å². The minimum atomic E-state index is -0.452. The van der Waals surface area contributed by atoms with Gasteiger partial charge in [0.25, 0.3) is 0 Å². The lowest BCUT2D eigenvalue weighted by atomic mass is 10.1. The Morgan fingerprint density at radius 2 is 1.81 bits per heavy atom. The van der Waals surface area contributed by atoms with Crippen LogP contribution in [0, 0.1) is 5.92 Å². The molecule has 7 nitrogen and oxygen atoms in total. The molecule has 2 saturated heterocycles. The third-order valence-electron chi connectivity index (χ3n) is 5.30. The lowest BCUT2D eigenvalue weighted by molar-refractivity contribution is -0.137. The Hall–Kier alpha value is -2.41. The highest BCUT2D eigenvalue weighted by Crippen LogP contribution is 2.29. The Balaban J connectivity index is 1.71. The quantitative estimate of drug-likeness (QED) is 0.730. The molecule has 0 N–H and O–H groups in total. The molecule has 27 heavy (non-hydrogen) atoms. The smallest absolute Gasteiger partial charge is 0.340 e. The van der Waals surface area contributed by atoms with Gasteiger partial charge in [-0.05, 0) is 25.6 Å². The molecule has 7 heteroatoms. The predicted molar refractivity (Wildman–Crippen MR) is 102 cm³/mol. The third-order valence-corrected chi connectivity index (χ3v) is 5.30. The summed E-state index contributed by atoms with van der Waals surface area (Å²) in [5, 5.41) is 0. The van der Waals surface area contributed by atoms with Gasteiger partial charge in [-0.15, -0.1) is 0 Å². The van der Waals surface area contributed by atoms with Gasteiger partial charge in [0.1, 0.15) is 0 Å². The molecule has 1 aromatic rings. The van der Waals surface area contributed by atoms with Crippen LogP contribution >= 0.6 is 0 Å². The summed E-state index contributed by atoms with van der Waals surface area (Å²) in [6.07, 6.45) is 0.185. The van der Waals surface area contributed by atoms with Gasteiger partial charge in [0.05, 0.1) is 23.8 Å². The fourth-order valence-corrected chi connectivity index (χ4v) is 3.74. The minimum Gasteiger partial charge on any atom is -0.462 e. The fraction of sp³-hybridized carbons (Fsp3) is 0.550. The number of esters is 1. The van der Waals surface area contributed by atoms with Crippen molar-refractivity contribution in [3.8, 4) is 0 Å². The maximum Gasteiger partial charge on any atom is 0.340 e. The molecular formula is C20H27N3O4. The van der Waals surface area contributed by atoms with Gasteiger partial charge in [-0.1, -0.05) is 19.1 Å². The number of nitrogens with zero attached hydrogens (tertiary/aromatic N) is 3. The number of piperazine rings is 1. The van der Waals surface area contributed by atoms with Crippen LogP contribution in [0.1, 0.15) is 30.6 Å². The summed E-state index contributed by atoms with van der Waals surface area (Å²) in [6, 6.07) is 6.91. The Kier molecular flexibility index (Phi) is 6.11. The van der Waals surface area contributed by atoms with Crippen molar-refractivity contribution >= 4 is 23.5 Å². The first-order valence-corrected chi connectivity index (χ1v) is 9.62. The number of ether oxygens (including phenoxy) is 1. The minimum absolute atomic E-state index is 0.0372. The van der Waals surface area contributed by atoms with Crippen molar-refractivity contribution in [1.82, 2.24) is 9.80 Å². The van der Waals surface area contributed by atoms with E-state index < -0.39 is 5.97 Å². The van der Waals surface area contributed by atoms with E-state index in [4.69, 9.17) is 4.74 Å². The molecule has 2 aliphatic rings. The standard InChI is InChI=1S/C20H27N3O4/c1-3-21-9-11-22(12-10-21)19(25)15-13-18(24)23(14-15)17-8-6-5-7-16(17)20(26)27-4-2/h5-8,15H,3-4,9-14H2,1-2H3. The van der Waals surface area contributed by atoms with Crippen LogP contribution in [0.2, 0.25) is 0 Å². The largest absolute Gasteiger partial charge is 0.462 e. The van der Waals surface area contributed by atoms with E-state index in [1.807, 2.05) is 4.90 Å². The highest BCUT2D eigenvalue weighted by molar-refractivity contribution is 6.05. The van der Waals surface area contributed by atoms with E-state index in [1.54, 1.807) is 36.1 Å². The average molecular weight is 373 g/mol. The maximum atomic E-state index is 12.9. The number of carbonyl (C=O) groups excluding carboxylic acids is 3.